The molecule has 124 valence electrons. The topological polar surface area (TPSA) is 80.6 Å². The molecule has 2 N–H and O–H groups in total. The molecule has 3 heterocycles. The molecule has 6 nitrogen and oxygen atoms in total. The number of nitriles is 1. The summed E-state index contributed by atoms with van der Waals surface area (Å²) in [5.41, 5.74) is 6.52. The molecule has 1 aliphatic carbocycles. The normalized spacial score (nSPS) is 22.8. The van der Waals surface area contributed by atoms with Gasteiger partial charge in [-0.1, -0.05) is 12.8 Å². The smallest absolute Gasteiger partial charge is 0.141 e. The lowest BCUT2D eigenvalue weighted by Crippen LogP contribution is -2.44. The zero-order chi connectivity index (χ0) is 16.5. The Kier molecular flexibility index (Phi) is 3.95. The van der Waals surface area contributed by atoms with Crippen LogP contribution in [-0.2, 0) is 0 Å². The van der Waals surface area contributed by atoms with E-state index < -0.39 is 0 Å². The van der Waals surface area contributed by atoms with Gasteiger partial charge in [0.2, 0.25) is 0 Å². The molecule has 0 saturated heterocycles. The van der Waals surface area contributed by atoms with Gasteiger partial charge in [0.15, 0.2) is 0 Å². The Morgan fingerprint density at radius 1 is 1.38 bits per heavy atom. The average Bonchev–Trinajstić information content (AvgIpc) is 3.32. The molecule has 0 bridgehead atoms. The van der Waals surface area contributed by atoms with Crippen LogP contribution >= 0.6 is 0 Å². The first kappa shape index (κ1) is 15.2. The van der Waals surface area contributed by atoms with Gasteiger partial charge in [0.05, 0.1) is 30.3 Å². The standard InChI is InChI=1S/C18H22N6/c1-12-15(17-14-7-9-20-18(14)22-11-21-17)10-24(23-12)16(6-8-19)13-4-2-3-5-13/h7,9-13,16,23H,2-6H2,1H3,(H,20,21,22)/t12?,16-/m1/s1. The second-order valence-corrected chi connectivity index (χ2v) is 6.78. The average molecular weight is 322 g/mol. The van der Waals surface area contributed by atoms with Crippen LogP contribution in [0.1, 0.15) is 44.7 Å². The van der Waals surface area contributed by atoms with Crippen LogP contribution in [0.25, 0.3) is 16.6 Å². The minimum atomic E-state index is 0.167. The number of hydrazine groups is 1. The summed E-state index contributed by atoms with van der Waals surface area (Å²) < 4.78 is 0. The molecule has 0 spiro atoms. The van der Waals surface area contributed by atoms with Crippen LogP contribution in [0.5, 0.6) is 0 Å². The van der Waals surface area contributed by atoms with Gasteiger partial charge in [-0.3, -0.25) is 0 Å². The summed E-state index contributed by atoms with van der Waals surface area (Å²) in [6, 6.07) is 4.80. The van der Waals surface area contributed by atoms with Gasteiger partial charge in [-0.25, -0.2) is 15.4 Å². The first-order chi connectivity index (χ1) is 11.8. The Balaban J connectivity index is 1.67. The maximum absolute atomic E-state index is 9.27. The minimum Gasteiger partial charge on any atom is -0.346 e. The Labute approximate surface area is 141 Å². The van der Waals surface area contributed by atoms with Gasteiger partial charge >= 0.3 is 0 Å². The van der Waals surface area contributed by atoms with E-state index in [1.54, 1.807) is 6.33 Å². The van der Waals surface area contributed by atoms with E-state index in [1.807, 2.05) is 12.3 Å². The van der Waals surface area contributed by atoms with Crippen molar-refractivity contribution in [3.05, 3.63) is 30.5 Å². The van der Waals surface area contributed by atoms with Crippen molar-refractivity contribution in [3.63, 3.8) is 0 Å². The molecule has 0 radical (unpaired) electrons. The highest BCUT2D eigenvalue weighted by Crippen LogP contribution is 2.35. The lowest BCUT2D eigenvalue weighted by atomic mass is 9.95. The summed E-state index contributed by atoms with van der Waals surface area (Å²) in [7, 11) is 0. The summed E-state index contributed by atoms with van der Waals surface area (Å²) >= 11 is 0. The number of H-pyrrole nitrogens is 1. The van der Waals surface area contributed by atoms with E-state index in [4.69, 9.17) is 0 Å². The van der Waals surface area contributed by atoms with Crippen LogP contribution in [0.4, 0.5) is 0 Å². The van der Waals surface area contributed by atoms with Crippen molar-refractivity contribution in [2.24, 2.45) is 5.92 Å². The van der Waals surface area contributed by atoms with E-state index in [1.165, 1.54) is 25.7 Å². The molecule has 24 heavy (non-hydrogen) atoms. The lowest BCUT2D eigenvalue weighted by molar-refractivity contribution is 0.151. The highest BCUT2D eigenvalue weighted by Gasteiger charge is 2.33. The quantitative estimate of drug-likeness (QED) is 0.904. The number of rotatable bonds is 4. The number of nitrogens with one attached hydrogen (secondary N) is 2. The second-order valence-electron chi connectivity index (χ2n) is 6.78. The fourth-order valence-electron chi connectivity index (χ4n) is 4.08. The zero-order valence-corrected chi connectivity index (χ0v) is 13.9. The van der Waals surface area contributed by atoms with E-state index >= 15 is 0 Å². The van der Waals surface area contributed by atoms with Crippen molar-refractivity contribution in [3.8, 4) is 6.07 Å². The fourth-order valence-corrected chi connectivity index (χ4v) is 4.08. The van der Waals surface area contributed by atoms with Crippen molar-refractivity contribution in [2.45, 2.75) is 51.1 Å². The highest BCUT2D eigenvalue weighted by atomic mass is 15.5. The monoisotopic (exact) mass is 322 g/mol. The van der Waals surface area contributed by atoms with E-state index in [0.717, 1.165) is 22.3 Å². The van der Waals surface area contributed by atoms with Crippen LogP contribution in [0.2, 0.25) is 0 Å². The van der Waals surface area contributed by atoms with Gasteiger partial charge in [-0.15, -0.1) is 0 Å². The predicted molar refractivity (Wildman–Crippen MR) is 92.3 cm³/mol. The molecule has 2 atom stereocenters. The first-order valence-electron chi connectivity index (χ1n) is 8.69. The molecule has 0 aromatic carbocycles. The highest BCUT2D eigenvalue weighted by molar-refractivity contribution is 5.89. The van der Waals surface area contributed by atoms with Crippen LogP contribution < -0.4 is 5.43 Å². The Morgan fingerprint density at radius 2 is 2.21 bits per heavy atom. The summed E-state index contributed by atoms with van der Waals surface area (Å²) in [5.74, 6) is 0.595. The second kappa shape index (κ2) is 6.25. The molecule has 1 aliphatic heterocycles. The molecular formula is C18H22N6. The summed E-state index contributed by atoms with van der Waals surface area (Å²) in [6.07, 6.45) is 11.2. The van der Waals surface area contributed by atoms with Crippen molar-refractivity contribution in [2.75, 3.05) is 0 Å². The molecule has 6 heteroatoms. The third kappa shape index (κ3) is 2.55. The molecule has 2 aromatic heterocycles. The summed E-state index contributed by atoms with van der Waals surface area (Å²) in [4.78, 5) is 11.9. The predicted octanol–water partition coefficient (Wildman–Crippen LogP) is 2.98. The molecule has 1 fully saturated rings. The van der Waals surface area contributed by atoms with Crippen molar-refractivity contribution in [1.29, 1.82) is 5.26 Å². The van der Waals surface area contributed by atoms with Crippen LogP contribution in [0, 0.1) is 17.2 Å². The van der Waals surface area contributed by atoms with Crippen LogP contribution in [0.15, 0.2) is 24.8 Å². The van der Waals surface area contributed by atoms with Gasteiger partial charge in [-0.2, -0.15) is 5.26 Å². The Hall–Kier alpha value is -2.39. The third-order valence-electron chi connectivity index (χ3n) is 5.32. The molecule has 1 saturated carbocycles. The first-order valence-corrected chi connectivity index (χ1v) is 8.69. The third-order valence-corrected chi connectivity index (χ3v) is 5.32. The van der Waals surface area contributed by atoms with Gasteiger partial charge in [0.25, 0.3) is 0 Å². The maximum atomic E-state index is 9.27. The summed E-state index contributed by atoms with van der Waals surface area (Å²) in [6.45, 7) is 2.14. The maximum Gasteiger partial charge on any atom is 0.141 e. The Morgan fingerprint density at radius 3 is 3.00 bits per heavy atom. The number of nitrogens with zero attached hydrogens (tertiary/aromatic N) is 4. The SMILES string of the molecule is CC1NN([C@H](CC#N)C2CCCC2)C=C1c1ncnc2[nH]ccc12. The lowest BCUT2D eigenvalue weighted by Gasteiger charge is -2.31. The molecule has 2 aliphatic rings. The van der Waals surface area contributed by atoms with Crippen LogP contribution in [0.3, 0.4) is 0 Å². The van der Waals surface area contributed by atoms with E-state index in [9.17, 15) is 5.26 Å². The van der Waals surface area contributed by atoms with Crippen molar-refractivity contribution < 1.29 is 0 Å². The number of hydrogen-bond acceptors (Lipinski definition) is 5. The van der Waals surface area contributed by atoms with Crippen molar-refractivity contribution in [1.82, 2.24) is 25.4 Å². The number of aromatic amines is 1. The minimum absolute atomic E-state index is 0.167. The fraction of sp³-hybridized carbons (Fsp3) is 0.500. The number of aromatic nitrogens is 3. The number of hydrogen-bond donors (Lipinski definition) is 2. The molecule has 2 aromatic rings. The molecule has 1 unspecified atom stereocenters. The molecule has 0 amide bonds. The van der Waals surface area contributed by atoms with E-state index in [0.29, 0.717) is 12.3 Å². The van der Waals surface area contributed by atoms with Crippen molar-refractivity contribution >= 4 is 16.6 Å². The van der Waals surface area contributed by atoms with Crippen LogP contribution in [-0.4, -0.2) is 32.0 Å². The Bertz CT molecular complexity index is 795. The zero-order valence-electron chi connectivity index (χ0n) is 13.9. The molecular weight excluding hydrogens is 300 g/mol. The van der Waals surface area contributed by atoms with E-state index in [-0.39, 0.29) is 12.1 Å². The summed E-state index contributed by atoms with van der Waals surface area (Å²) in [5, 5.41) is 12.5. The molecule has 4 rings (SSSR count). The number of fused-ring (bicyclic) bond motifs is 1. The van der Waals surface area contributed by atoms with Gasteiger partial charge in [-0.05, 0) is 31.7 Å². The van der Waals surface area contributed by atoms with E-state index in [2.05, 4.69) is 44.6 Å². The largest absolute Gasteiger partial charge is 0.346 e. The van der Waals surface area contributed by atoms with Gasteiger partial charge in [0, 0.05) is 23.4 Å². The van der Waals surface area contributed by atoms with Gasteiger partial charge in [0.1, 0.15) is 12.0 Å². The van der Waals surface area contributed by atoms with Gasteiger partial charge < -0.3 is 9.99 Å².